The maximum atomic E-state index is 6.02. The number of nitrogens with zero attached hydrogens (tertiary/aromatic N) is 5. The van der Waals surface area contributed by atoms with Gasteiger partial charge in [-0.25, -0.2) is 14.7 Å². The number of para-hydroxylation sites is 4. The third kappa shape index (κ3) is 4.47. The number of anilines is 2. The first kappa shape index (κ1) is 27.0. The third-order valence-electron chi connectivity index (χ3n) is 7.82. The average Bonchev–Trinajstić information content (AvgIpc) is 3.36. The number of rotatable bonds is 5. The fourth-order valence-electron chi connectivity index (χ4n) is 5.86. The van der Waals surface area contributed by atoms with E-state index < -0.39 is 0 Å². The Bertz CT molecular complexity index is 1930. The van der Waals surface area contributed by atoms with Crippen molar-refractivity contribution in [3.8, 4) is 17.2 Å². The van der Waals surface area contributed by atoms with Gasteiger partial charge < -0.3 is 19.7 Å². The van der Waals surface area contributed by atoms with Crippen LogP contribution in [0, 0.1) is 13.8 Å². The van der Waals surface area contributed by atoms with Crippen LogP contribution >= 0.6 is 15.9 Å². The van der Waals surface area contributed by atoms with Crippen molar-refractivity contribution in [2.24, 2.45) is 9.98 Å². The van der Waals surface area contributed by atoms with E-state index in [4.69, 9.17) is 24.6 Å². The van der Waals surface area contributed by atoms with Crippen LogP contribution in [0.4, 0.5) is 22.9 Å². The molecule has 5 aromatic rings. The molecule has 43 heavy (non-hydrogen) atoms. The molecular weight excluding hydrogens is 604 g/mol. The molecule has 0 radical (unpaired) electrons. The van der Waals surface area contributed by atoms with E-state index in [1.807, 2.05) is 78.3 Å². The zero-order valence-electron chi connectivity index (χ0n) is 24.2. The van der Waals surface area contributed by atoms with Gasteiger partial charge in [-0.2, -0.15) is 5.10 Å². The van der Waals surface area contributed by atoms with E-state index in [1.165, 1.54) is 0 Å². The minimum atomic E-state index is -0.344. The Morgan fingerprint density at radius 1 is 0.791 bits per heavy atom. The van der Waals surface area contributed by atoms with Crippen LogP contribution in [-0.4, -0.2) is 35.7 Å². The highest BCUT2D eigenvalue weighted by Crippen LogP contribution is 2.51. The molecule has 3 heterocycles. The molecule has 1 atom stereocenters. The maximum absolute atomic E-state index is 6.02. The first-order chi connectivity index (χ1) is 21.0. The van der Waals surface area contributed by atoms with Gasteiger partial charge in [0, 0.05) is 21.3 Å². The molecule has 0 aliphatic carbocycles. The van der Waals surface area contributed by atoms with Gasteiger partial charge in [0.25, 0.3) is 0 Å². The van der Waals surface area contributed by atoms with Crippen LogP contribution in [0.15, 0.2) is 105 Å². The molecule has 4 aromatic carbocycles. The monoisotopic (exact) mass is 632 g/mol. The van der Waals surface area contributed by atoms with E-state index in [2.05, 4.69) is 57.3 Å². The molecule has 9 heteroatoms. The number of ether oxygens (including phenoxy) is 2. The van der Waals surface area contributed by atoms with Crippen LogP contribution in [0.1, 0.15) is 28.4 Å². The van der Waals surface area contributed by atoms with Gasteiger partial charge in [-0.15, -0.1) is 0 Å². The zero-order valence-corrected chi connectivity index (χ0v) is 25.8. The summed E-state index contributed by atoms with van der Waals surface area (Å²) in [6, 6.07) is 30.0. The molecule has 1 aromatic heterocycles. The van der Waals surface area contributed by atoms with Crippen LogP contribution in [0.5, 0.6) is 11.5 Å². The summed E-state index contributed by atoms with van der Waals surface area (Å²) in [7, 11) is 3.33. The lowest BCUT2D eigenvalue weighted by Gasteiger charge is -2.41. The molecule has 0 spiro atoms. The van der Waals surface area contributed by atoms with Gasteiger partial charge in [-0.3, -0.25) is 0 Å². The summed E-state index contributed by atoms with van der Waals surface area (Å²) in [6.07, 6.45) is 0. The van der Waals surface area contributed by atoms with Crippen molar-refractivity contribution in [3.63, 3.8) is 0 Å². The Kier molecular flexibility index (Phi) is 6.74. The SMILES string of the molecule is COc1cccc([C@H]2c3c(C)nn(-c4ccccc4C)c3N=C3C(Nc4ccc(Br)cc4)=Nc4ccccc4N32)c1OC. The molecule has 0 bridgehead atoms. The predicted octanol–water partition coefficient (Wildman–Crippen LogP) is 8.06. The number of aromatic nitrogens is 2. The number of benzene rings is 4. The van der Waals surface area contributed by atoms with Gasteiger partial charge in [-0.05, 0) is 67.9 Å². The highest BCUT2D eigenvalue weighted by molar-refractivity contribution is 9.10. The molecule has 214 valence electrons. The predicted molar refractivity (Wildman–Crippen MR) is 175 cm³/mol. The maximum Gasteiger partial charge on any atom is 0.179 e. The number of fused-ring (bicyclic) bond motifs is 4. The molecular formula is C34H29BrN6O2. The van der Waals surface area contributed by atoms with Crippen molar-refractivity contribution >= 4 is 50.5 Å². The Morgan fingerprint density at radius 3 is 2.28 bits per heavy atom. The molecule has 0 amide bonds. The number of methoxy groups -OCH3 is 2. The summed E-state index contributed by atoms with van der Waals surface area (Å²) in [5.41, 5.74) is 7.53. The molecule has 1 N–H and O–H groups in total. The lowest BCUT2D eigenvalue weighted by atomic mass is 9.92. The summed E-state index contributed by atoms with van der Waals surface area (Å²) in [5, 5.41) is 8.63. The van der Waals surface area contributed by atoms with Gasteiger partial charge in [-0.1, -0.05) is 58.4 Å². The van der Waals surface area contributed by atoms with Crippen LogP contribution in [-0.2, 0) is 0 Å². The number of aliphatic imine (C=N–C) groups is 2. The van der Waals surface area contributed by atoms with Crippen molar-refractivity contribution in [3.05, 3.63) is 118 Å². The molecule has 0 unspecified atom stereocenters. The number of halogens is 1. The van der Waals surface area contributed by atoms with Gasteiger partial charge >= 0.3 is 0 Å². The second-order valence-corrected chi connectivity index (χ2v) is 11.3. The smallest absolute Gasteiger partial charge is 0.179 e. The first-order valence-electron chi connectivity index (χ1n) is 13.9. The summed E-state index contributed by atoms with van der Waals surface area (Å²) in [4.78, 5) is 12.7. The van der Waals surface area contributed by atoms with Crippen LogP contribution in [0.2, 0.25) is 0 Å². The summed E-state index contributed by atoms with van der Waals surface area (Å²) in [6.45, 7) is 4.13. The van der Waals surface area contributed by atoms with E-state index in [0.29, 0.717) is 23.2 Å². The molecule has 2 aliphatic heterocycles. The van der Waals surface area contributed by atoms with Crippen molar-refractivity contribution in [1.29, 1.82) is 0 Å². The van der Waals surface area contributed by atoms with E-state index in [1.54, 1.807) is 14.2 Å². The first-order valence-corrected chi connectivity index (χ1v) is 14.7. The van der Waals surface area contributed by atoms with Crippen molar-refractivity contribution < 1.29 is 9.47 Å². The van der Waals surface area contributed by atoms with E-state index in [9.17, 15) is 0 Å². The topological polar surface area (TPSA) is 76.3 Å². The summed E-state index contributed by atoms with van der Waals surface area (Å²) >= 11 is 3.54. The van der Waals surface area contributed by atoms with Crippen molar-refractivity contribution in [2.75, 3.05) is 24.4 Å². The molecule has 8 nitrogen and oxygen atoms in total. The lowest BCUT2D eigenvalue weighted by molar-refractivity contribution is 0.350. The Balaban J connectivity index is 1.53. The van der Waals surface area contributed by atoms with E-state index >= 15 is 0 Å². The van der Waals surface area contributed by atoms with Gasteiger partial charge in [0.05, 0.1) is 43.0 Å². The van der Waals surface area contributed by atoms with Crippen LogP contribution < -0.4 is 19.7 Å². The van der Waals surface area contributed by atoms with Gasteiger partial charge in [0.2, 0.25) is 0 Å². The Morgan fingerprint density at radius 2 is 1.53 bits per heavy atom. The fourth-order valence-corrected chi connectivity index (χ4v) is 6.12. The second-order valence-electron chi connectivity index (χ2n) is 10.4. The number of nitrogens with one attached hydrogen (secondary N) is 1. The van der Waals surface area contributed by atoms with Gasteiger partial charge in [0.15, 0.2) is 29.0 Å². The molecule has 0 saturated heterocycles. The Labute approximate surface area is 258 Å². The van der Waals surface area contributed by atoms with E-state index in [0.717, 1.165) is 55.4 Å². The highest BCUT2D eigenvalue weighted by atomic mass is 79.9. The summed E-state index contributed by atoms with van der Waals surface area (Å²) < 4.78 is 14.7. The Hall–Kier alpha value is -4.89. The highest BCUT2D eigenvalue weighted by Gasteiger charge is 2.43. The number of aryl methyl sites for hydroxylation is 2. The number of hydrogen-bond donors (Lipinski definition) is 1. The van der Waals surface area contributed by atoms with Crippen LogP contribution in [0.3, 0.4) is 0 Å². The third-order valence-corrected chi connectivity index (χ3v) is 8.35. The number of hydrogen-bond acceptors (Lipinski definition) is 7. The zero-order chi connectivity index (χ0) is 29.7. The average molecular weight is 634 g/mol. The molecule has 0 saturated carbocycles. The summed E-state index contributed by atoms with van der Waals surface area (Å²) in [5.74, 6) is 3.37. The molecule has 0 fully saturated rings. The molecule has 2 aliphatic rings. The van der Waals surface area contributed by atoms with Crippen molar-refractivity contribution in [1.82, 2.24) is 9.78 Å². The molecule has 7 rings (SSSR count). The minimum Gasteiger partial charge on any atom is -0.493 e. The largest absolute Gasteiger partial charge is 0.493 e. The quantitative estimate of drug-likeness (QED) is 0.212. The van der Waals surface area contributed by atoms with E-state index in [-0.39, 0.29) is 6.04 Å². The lowest BCUT2D eigenvalue weighted by Crippen LogP contribution is -2.46. The van der Waals surface area contributed by atoms with Crippen molar-refractivity contribution in [2.45, 2.75) is 19.9 Å². The second kappa shape index (κ2) is 10.7. The fraction of sp³-hybridized carbons (Fsp3) is 0.147. The number of amidine groups is 2. The van der Waals surface area contributed by atoms with Crippen LogP contribution in [0.25, 0.3) is 5.69 Å². The standard InChI is InChI=1S/C34H29BrN6O2/c1-20-10-5-7-13-26(20)41-33-29(21(2)39-41)30(24-11-9-15-28(42-3)31(24)43-4)40-27-14-8-6-12-25(27)37-32(34(40)38-33)36-23-18-16-22(35)17-19-23/h5-19,30H,1-4H3,(H,36,37)/t30-/m0/s1. The minimum absolute atomic E-state index is 0.344. The van der Waals surface area contributed by atoms with Gasteiger partial charge in [0.1, 0.15) is 0 Å². The normalized spacial score (nSPS) is 15.1.